The van der Waals surface area contributed by atoms with Crippen molar-refractivity contribution in [3.63, 3.8) is 0 Å². The van der Waals surface area contributed by atoms with Crippen LogP contribution in [0.2, 0.25) is 0 Å². The minimum Gasteiger partial charge on any atom is -0.452 e. The van der Waals surface area contributed by atoms with Gasteiger partial charge in [-0.25, -0.2) is 0 Å². The van der Waals surface area contributed by atoms with Gasteiger partial charge in [0, 0.05) is 12.2 Å². The highest BCUT2D eigenvalue weighted by atomic mass is 16.5. The molecule has 1 atom stereocenters. The Balaban J connectivity index is 1.55. The van der Waals surface area contributed by atoms with Crippen LogP contribution in [0.4, 0.5) is 5.69 Å². The number of carbonyl (C=O) groups excluding carboxylic acids is 4. The van der Waals surface area contributed by atoms with E-state index in [-0.39, 0.29) is 13.0 Å². The molecule has 0 saturated carbocycles. The van der Waals surface area contributed by atoms with E-state index in [4.69, 9.17) is 4.74 Å². The van der Waals surface area contributed by atoms with Gasteiger partial charge in [-0.3, -0.25) is 24.1 Å². The lowest BCUT2D eigenvalue weighted by molar-refractivity contribution is -0.153. The van der Waals surface area contributed by atoms with E-state index in [1.165, 1.54) is 6.92 Å². The molecule has 0 saturated heterocycles. The number of amides is 3. The van der Waals surface area contributed by atoms with Crippen molar-refractivity contribution in [3.05, 3.63) is 64.2 Å². The van der Waals surface area contributed by atoms with E-state index in [0.717, 1.165) is 21.6 Å². The number of hydrogen-bond donors (Lipinski definition) is 1. The molecular formula is C23H24N2O5. The third-order valence-corrected chi connectivity index (χ3v) is 5.02. The van der Waals surface area contributed by atoms with Gasteiger partial charge in [-0.2, -0.15) is 0 Å². The summed E-state index contributed by atoms with van der Waals surface area (Å²) >= 11 is 0. The molecule has 7 heteroatoms. The highest BCUT2D eigenvalue weighted by Gasteiger charge is 2.35. The van der Waals surface area contributed by atoms with E-state index in [1.54, 1.807) is 24.3 Å². The Bertz CT molecular complexity index is 986. The number of nitrogens with zero attached hydrogens (tertiary/aromatic N) is 1. The van der Waals surface area contributed by atoms with Gasteiger partial charge in [-0.05, 0) is 51.0 Å². The summed E-state index contributed by atoms with van der Waals surface area (Å²) in [6, 6.07) is 10.4. The minimum atomic E-state index is -1.01. The second-order valence-corrected chi connectivity index (χ2v) is 7.45. The summed E-state index contributed by atoms with van der Waals surface area (Å²) in [4.78, 5) is 50.3. The summed E-state index contributed by atoms with van der Waals surface area (Å²) in [5.41, 5.74) is 4.28. The first-order valence-electron chi connectivity index (χ1n) is 9.72. The van der Waals surface area contributed by atoms with Crippen molar-refractivity contribution in [2.24, 2.45) is 0 Å². The summed E-state index contributed by atoms with van der Waals surface area (Å²) < 4.78 is 5.19. The number of anilines is 1. The van der Waals surface area contributed by atoms with Gasteiger partial charge >= 0.3 is 5.97 Å². The zero-order valence-corrected chi connectivity index (χ0v) is 17.4. The van der Waals surface area contributed by atoms with Crippen LogP contribution < -0.4 is 5.32 Å². The standard InChI is InChI=1S/C23H24N2O5/c1-13-11-14(2)20(15(3)12-13)24-21(27)16(4)30-19(26)9-10-25-22(28)17-7-5-6-8-18(17)23(25)29/h5-8,11-12,16H,9-10H2,1-4H3,(H,24,27)/t16-/m1/s1. The monoisotopic (exact) mass is 408 g/mol. The lowest BCUT2D eigenvalue weighted by Gasteiger charge is -2.18. The molecule has 1 aliphatic heterocycles. The Kier molecular flexibility index (Phi) is 6.01. The smallest absolute Gasteiger partial charge is 0.308 e. The van der Waals surface area contributed by atoms with Crippen LogP contribution in [-0.2, 0) is 14.3 Å². The summed E-state index contributed by atoms with van der Waals surface area (Å²) in [6.07, 6.45) is -1.20. The van der Waals surface area contributed by atoms with Crippen LogP contribution in [0, 0.1) is 20.8 Å². The summed E-state index contributed by atoms with van der Waals surface area (Å²) in [5.74, 6) is -1.97. The van der Waals surface area contributed by atoms with Gasteiger partial charge in [-0.15, -0.1) is 0 Å². The van der Waals surface area contributed by atoms with Crippen LogP contribution in [0.25, 0.3) is 0 Å². The first-order valence-corrected chi connectivity index (χ1v) is 9.72. The van der Waals surface area contributed by atoms with E-state index >= 15 is 0 Å². The topological polar surface area (TPSA) is 92.8 Å². The average molecular weight is 408 g/mol. The molecule has 3 rings (SSSR count). The molecule has 0 aromatic heterocycles. The van der Waals surface area contributed by atoms with E-state index in [0.29, 0.717) is 16.8 Å². The SMILES string of the molecule is Cc1cc(C)c(NC(=O)[C@@H](C)OC(=O)CCN2C(=O)c3ccccc3C2=O)c(C)c1. The van der Waals surface area contributed by atoms with Crippen molar-refractivity contribution in [2.45, 2.75) is 40.2 Å². The van der Waals surface area contributed by atoms with Crippen molar-refractivity contribution in [2.75, 3.05) is 11.9 Å². The fourth-order valence-corrected chi connectivity index (χ4v) is 3.56. The highest BCUT2D eigenvalue weighted by Crippen LogP contribution is 2.23. The van der Waals surface area contributed by atoms with E-state index in [1.807, 2.05) is 32.9 Å². The van der Waals surface area contributed by atoms with Gasteiger partial charge in [0.25, 0.3) is 17.7 Å². The first kappa shape index (κ1) is 21.2. The van der Waals surface area contributed by atoms with Crippen molar-refractivity contribution < 1.29 is 23.9 Å². The molecule has 156 valence electrons. The van der Waals surface area contributed by atoms with Gasteiger partial charge in [0.15, 0.2) is 6.10 Å². The number of nitrogens with one attached hydrogen (secondary N) is 1. The Morgan fingerprint density at radius 3 is 2.07 bits per heavy atom. The van der Waals surface area contributed by atoms with E-state index in [9.17, 15) is 19.2 Å². The molecule has 7 nitrogen and oxygen atoms in total. The molecule has 1 heterocycles. The van der Waals surface area contributed by atoms with Gasteiger partial charge in [0.05, 0.1) is 17.5 Å². The Morgan fingerprint density at radius 2 is 1.53 bits per heavy atom. The van der Waals surface area contributed by atoms with Crippen LogP contribution in [-0.4, -0.2) is 41.2 Å². The zero-order valence-electron chi connectivity index (χ0n) is 17.4. The second-order valence-electron chi connectivity index (χ2n) is 7.45. The number of ether oxygens (including phenoxy) is 1. The van der Waals surface area contributed by atoms with Gasteiger partial charge < -0.3 is 10.1 Å². The molecule has 0 fully saturated rings. The Labute approximate surface area is 175 Å². The lowest BCUT2D eigenvalue weighted by Crippen LogP contribution is -2.34. The normalized spacial score (nSPS) is 13.8. The van der Waals surface area contributed by atoms with Crippen LogP contribution in [0.1, 0.15) is 50.8 Å². The number of carbonyl (C=O) groups is 4. The number of esters is 1. The predicted molar refractivity (Wildman–Crippen MR) is 111 cm³/mol. The molecule has 0 aliphatic carbocycles. The van der Waals surface area contributed by atoms with Gasteiger partial charge in [0.2, 0.25) is 0 Å². The molecular weight excluding hydrogens is 384 g/mol. The fourth-order valence-electron chi connectivity index (χ4n) is 3.56. The predicted octanol–water partition coefficient (Wildman–Crippen LogP) is 3.17. The van der Waals surface area contributed by atoms with Crippen molar-refractivity contribution in [1.29, 1.82) is 0 Å². The van der Waals surface area contributed by atoms with Crippen LogP contribution in [0.5, 0.6) is 0 Å². The number of hydrogen-bond acceptors (Lipinski definition) is 5. The molecule has 0 unspecified atom stereocenters. The maximum atomic E-state index is 12.4. The Hall–Kier alpha value is -3.48. The molecule has 3 amide bonds. The minimum absolute atomic E-state index is 0.101. The lowest BCUT2D eigenvalue weighted by atomic mass is 10.0. The number of imide groups is 1. The summed E-state index contributed by atoms with van der Waals surface area (Å²) in [7, 11) is 0. The summed E-state index contributed by atoms with van der Waals surface area (Å²) in [5, 5.41) is 2.80. The molecule has 30 heavy (non-hydrogen) atoms. The summed E-state index contributed by atoms with van der Waals surface area (Å²) in [6.45, 7) is 7.15. The first-order chi connectivity index (χ1) is 14.2. The fraction of sp³-hybridized carbons (Fsp3) is 0.304. The van der Waals surface area contributed by atoms with E-state index in [2.05, 4.69) is 5.32 Å². The van der Waals surface area contributed by atoms with Crippen molar-refractivity contribution >= 4 is 29.4 Å². The molecule has 1 N–H and O–H groups in total. The maximum Gasteiger partial charge on any atom is 0.308 e. The quantitative estimate of drug-likeness (QED) is 0.585. The molecule has 0 spiro atoms. The molecule has 1 aliphatic rings. The molecule has 2 aromatic rings. The third-order valence-electron chi connectivity index (χ3n) is 5.02. The van der Waals surface area contributed by atoms with E-state index < -0.39 is 29.8 Å². The number of rotatable bonds is 6. The molecule has 0 radical (unpaired) electrons. The maximum absolute atomic E-state index is 12.4. The van der Waals surface area contributed by atoms with Crippen molar-refractivity contribution in [3.8, 4) is 0 Å². The van der Waals surface area contributed by atoms with Crippen LogP contribution in [0.3, 0.4) is 0 Å². The van der Waals surface area contributed by atoms with Crippen LogP contribution in [0.15, 0.2) is 36.4 Å². The van der Waals surface area contributed by atoms with Crippen molar-refractivity contribution in [1.82, 2.24) is 4.90 Å². The molecule has 2 aromatic carbocycles. The largest absolute Gasteiger partial charge is 0.452 e. The number of aryl methyl sites for hydroxylation is 3. The van der Waals surface area contributed by atoms with Crippen LogP contribution >= 0.6 is 0 Å². The molecule has 0 bridgehead atoms. The average Bonchev–Trinajstić information content (AvgIpc) is 2.93. The van der Waals surface area contributed by atoms with Gasteiger partial charge in [0.1, 0.15) is 0 Å². The highest BCUT2D eigenvalue weighted by molar-refractivity contribution is 6.21. The van der Waals surface area contributed by atoms with Gasteiger partial charge in [-0.1, -0.05) is 29.8 Å². The number of fused-ring (bicyclic) bond motifs is 1. The zero-order chi connectivity index (χ0) is 22.0. The second kappa shape index (κ2) is 8.49. The number of benzene rings is 2. The third kappa shape index (κ3) is 4.25. The Morgan fingerprint density at radius 1 is 1.00 bits per heavy atom.